The minimum Gasteiger partial charge on any atom is -0.493 e. The van der Waals surface area contributed by atoms with Crippen molar-refractivity contribution in [3.8, 4) is 17.1 Å². The summed E-state index contributed by atoms with van der Waals surface area (Å²) >= 11 is 0. The van der Waals surface area contributed by atoms with Crippen molar-refractivity contribution in [3.63, 3.8) is 0 Å². The number of ether oxygens (including phenoxy) is 2. The summed E-state index contributed by atoms with van der Waals surface area (Å²) in [6.07, 6.45) is 3.23. The number of benzene rings is 2. The molecule has 0 fully saturated rings. The Labute approximate surface area is 184 Å². The Bertz CT molecular complexity index is 1130. The maximum Gasteiger partial charge on any atom is 0.337 e. The van der Waals surface area contributed by atoms with Gasteiger partial charge in [0.15, 0.2) is 0 Å². The first-order chi connectivity index (χ1) is 14.7. The van der Waals surface area contributed by atoms with Gasteiger partial charge in [0.05, 0.1) is 24.8 Å². The van der Waals surface area contributed by atoms with E-state index in [0.717, 1.165) is 47.3 Å². The molecule has 1 heterocycles. The number of carbonyl (C=O) groups excluding carboxylic acids is 1. The van der Waals surface area contributed by atoms with E-state index >= 15 is 0 Å². The summed E-state index contributed by atoms with van der Waals surface area (Å²) in [5.41, 5.74) is 5.14. The predicted octanol–water partition coefficient (Wildman–Crippen LogP) is 7.02. The van der Waals surface area contributed by atoms with E-state index in [1.54, 1.807) is 6.07 Å². The lowest BCUT2D eigenvalue weighted by molar-refractivity contribution is 0.0601. The Morgan fingerprint density at radius 2 is 1.68 bits per heavy atom. The summed E-state index contributed by atoms with van der Waals surface area (Å²) in [5.74, 6) is 1.26. The number of carbonyl (C=O) groups is 1. The van der Waals surface area contributed by atoms with Crippen LogP contribution in [-0.4, -0.2) is 19.7 Å². The van der Waals surface area contributed by atoms with E-state index in [2.05, 4.69) is 46.8 Å². The van der Waals surface area contributed by atoms with Gasteiger partial charge in [-0.15, -0.1) is 0 Å². The van der Waals surface area contributed by atoms with Gasteiger partial charge >= 0.3 is 5.97 Å². The molecule has 0 amide bonds. The molecule has 1 aliphatic rings. The van der Waals surface area contributed by atoms with Crippen LogP contribution in [0.1, 0.15) is 75.4 Å². The van der Waals surface area contributed by atoms with Crippen LogP contribution in [0, 0.1) is 0 Å². The number of rotatable bonds is 5. The van der Waals surface area contributed by atoms with Crippen molar-refractivity contribution in [1.82, 2.24) is 0 Å². The standard InChI is InChI=1S/C27H32O4/c1-7-12-30-23-16-21-20(26(2,3)10-11-27(21,4)5)15-19(23)24-14-18-13-17(25(28)29-6)8-9-22(18)31-24/h8-9,13-16H,7,10-12H2,1-6H3. The average Bonchev–Trinajstić information content (AvgIpc) is 3.17. The van der Waals surface area contributed by atoms with Crippen molar-refractivity contribution < 1.29 is 18.7 Å². The molecule has 4 nitrogen and oxygen atoms in total. The van der Waals surface area contributed by atoms with Gasteiger partial charge in [0.25, 0.3) is 0 Å². The topological polar surface area (TPSA) is 48.7 Å². The second-order valence-electron chi connectivity index (χ2n) is 9.87. The lowest BCUT2D eigenvalue weighted by atomic mass is 9.63. The van der Waals surface area contributed by atoms with Crippen LogP contribution in [0.2, 0.25) is 0 Å². The zero-order valence-corrected chi connectivity index (χ0v) is 19.4. The maximum atomic E-state index is 11.9. The number of hydrogen-bond acceptors (Lipinski definition) is 4. The van der Waals surface area contributed by atoms with Crippen LogP contribution in [0.25, 0.3) is 22.3 Å². The smallest absolute Gasteiger partial charge is 0.337 e. The van der Waals surface area contributed by atoms with Gasteiger partial charge in [-0.2, -0.15) is 0 Å². The van der Waals surface area contributed by atoms with E-state index in [4.69, 9.17) is 13.9 Å². The Kier molecular flexibility index (Phi) is 5.36. The van der Waals surface area contributed by atoms with Gasteiger partial charge in [-0.1, -0.05) is 34.6 Å². The van der Waals surface area contributed by atoms with Crippen molar-refractivity contribution in [2.24, 2.45) is 0 Å². The van der Waals surface area contributed by atoms with Gasteiger partial charge in [-0.3, -0.25) is 0 Å². The Balaban J connectivity index is 1.89. The fourth-order valence-electron chi connectivity index (χ4n) is 4.54. The SMILES string of the molecule is CCCOc1cc2c(cc1-c1cc3cc(C(=O)OC)ccc3o1)C(C)(C)CCC2(C)C. The number of furan rings is 1. The molecule has 0 radical (unpaired) electrons. The first kappa shape index (κ1) is 21.5. The minimum absolute atomic E-state index is 0.0902. The number of hydrogen-bond donors (Lipinski definition) is 0. The van der Waals surface area contributed by atoms with E-state index < -0.39 is 0 Å². The minimum atomic E-state index is -0.352. The molecule has 164 valence electrons. The van der Waals surface area contributed by atoms with Crippen LogP contribution in [-0.2, 0) is 15.6 Å². The normalized spacial score (nSPS) is 16.7. The zero-order chi connectivity index (χ0) is 22.4. The molecule has 0 unspecified atom stereocenters. The molecule has 0 atom stereocenters. The van der Waals surface area contributed by atoms with Gasteiger partial charge in [0.2, 0.25) is 0 Å². The van der Waals surface area contributed by atoms with Crippen molar-refractivity contribution in [2.45, 2.75) is 64.7 Å². The lowest BCUT2D eigenvalue weighted by Crippen LogP contribution is -2.33. The highest BCUT2D eigenvalue weighted by Gasteiger charge is 2.38. The quantitative estimate of drug-likeness (QED) is 0.416. The monoisotopic (exact) mass is 420 g/mol. The Morgan fingerprint density at radius 1 is 1.00 bits per heavy atom. The summed E-state index contributed by atoms with van der Waals surface area (Å²) in [4.78, 5) is 11.9. The molecule has 1 aromatic heterocycles. The molecular formula is C27H32O4. The molecule has 0 saturated carbocycles. The summed E-state index contributed by atoms with van der Waals surface area (Å²) in [5, 5.41) is 0.872. The van der Waals surface area contributed by atoms with Crippen LogP contribution in [0.3, 0.4) is 0 Å². The predicted molar refractivity (Wildman–Crippen MR) is 124 cm³/mol. The van der Waals surface area contributed by atoms with Crippen LogP contribution >= 0.6 is 0 Å². The largest absolute Gasteiger partial charge is 0.493 e. The fourth-order valence-corrected chi connectivity index (χ4v) is 4.54. The molecule has 2 aromatic carbocycles. The van der Waals surface area contributed by atoms with Gasteiger partial charge in [-0.05, 0) is 77.6 Å². The van der Waals surface area contributed by atoms with Gasteiger partial charge in [0.1, 0.15) is 17.1 Å². The summed E-state index contributed by atoms with van der Waals surface area (Å²) in [6.45, 7) is 12.0. The van der Waals surface area contributed by atoms with Crippen LogP contribution in [0.4, 0.5) is 0 Å². The van der Waals surface area contributed by atoms with Crippen molar-refractivity contribution >= 4 is 16.9 Å². The molecule has 0 N–H and O–H groups in total. The first-order valence-electron chi connectivity index (χ1n) is 11.1. The van der Waals surface area contributed by atoms with E-state index in [0.29, 0.717) is 12.2 Å². The Morgan fingerprint density at radius 3 is 2.32 bits per heavy atom. The number of fused-ring (bicyclic) bond motifs is 2. The molecule has 4 heteroatoms. The van der Waals surface area contributed by atoms with Crippen molar-refractivity contribution in [1.29, 1.82) is 0 Å². The molecular weight excluding hydrogens is 388 g/mol. The zero-order valence-electron chi connectivity index (χ0n) is 19.4. The van der Waals surface area contributed by atoms with Gasteiger partial charge in [0, 0.05) is 5.39 Å². The molecule has 31 heavy (non-hydrogen) atoms. The molecule has 0 aliphatic heterocycles. The van der Waals surface area contributed by atoms with Gasteiger partial charge < -0.3 is 13.9 Å². The average molecular weight is 421 g/mol. The molecule has 3 aromatic rings. The van der Waals surface area contributed by atoms with E-state index in [1.807, 2.05) is 18.2 Å². The third-order valence-corrected chi connectivity index (χ3v) is 6.62. The third-order valence-electron chi connectivity index (χ3n) is 6.62. The fraction of sp³-hybridized carbons (Fsp3) is 0.444. The van der Waals surface area contributed by atoms with Crippen LogP contribution in [0.5, 0.6) is 5.75 Å². The maximum absolute atomic E-state index is 11.9. The van der Waals surface area contributed by atoms with Crippen molar-refractivity contribution in [2.75, 3.05) is 13.7 Å². The molecule has 0 saturated heterocycles. The second-order valence-corrected chi connectivity index (χ2v) is 9.87. The second kappa shape index (κ2) is 7.74. The molecule has 0 bridgehead atoms. The highest BCUT2D eigenvalue weighted by Crippen LogP contribution is 2.49. The first-order valence-corrected chi connectivity index (χ1v) is 11.1. The molecule has 1 aliphatic carbocycles. The number of methoxy groups -OCH3 is 1. The highest BCUT2D eigenvalue weighted by atomic mass is 16.5. The van der Waals surface area contributed by atoms with E-state index in [1.165, 1.54) is 18.2 Å². The summed E-state index contributed by atoms with van der Waals surface area (Å²) in [7, 11) is 1.39. The number of esters is 1. The van der Waals surface area contributed by atoms with Crippen LogP contribution in [0.15, 0.2) is 40.8 Å². The third kappa shape index (κ3) is 3.84. The summed E-state index contributed by atoms with van der Waals surface area (Å²) < 4.78 is 17.3. The van der Waals surface area contributed by atoms with E-state index in [-0.39, 0.29) is 16.8 Å². The highest BCUT2D eigenvalue weighted by molar-refractivity contribution is 5.95. The molecule has 4 rings (SSSR count). The van der Waals surface area contributed by atoms with E-state index in [9.17, 15) is 4.79 Å². The van der Waals surface area contributed by atoms with Crippen molar-refractivity contribution in [3.05, 3.63) is 53.1 Å². The van der Waals surface area contributed by atoms with Crippen LogP contribution < -0.4 is 4.74 Å². The summed E-state index contributed by atoms with van der Waals surface area (Å²) in [6, 6.07) is 11.8. The lowest BCUT2D eigenvalue weighted by Gasteiger charge is -2.42. The molecule has 0 spiro atoms. The Hall–Kier alpha value is -2.75. The van der Waals surface area contributed by atoms with Gasteiger partial charge in [-0.25, -0.2) is 4.79 Å².